The van der Waals surface area contributed by atoms with E-state index in [1.165, 1.54) is 4.90 Å². The average molecular weight is 393 g/mol. The summed E-state index contributed by atoms with van der Waals surface area (Å²) in [6, 6.07) is 12.8. The van der Waals surface area contributed by atoms with Gasteiger partial charge in [-0.15, -0.1) is 0 Å². The Bertz CT molecular complexity index is 1140. The second-order valence-corrected chi connectivity index (χ2v) is 7.85. The van der Waals surface area contributed by atoms with Crippen LogP contribution in [0.2, 0.25) is 0 Å². The molecule has 7 heteroatoms. The normalized spacial score (nSPS) is 14.3. The van der Waals surface area contributed by atoms with E-state index in [1.54, 1.807) is 31.3 Å². The Labute approximate surface area is 168 Å². The number of para-hydroxylation sites is 2. The first-order valence-corrected chi connectivity index (χ1v) is 9.48. The van der Waals surface area contributed by atoms with Crippen molar-refractivity contribution in [2.45, 2.75) is 32.4 Å². The first-order valence-electron chi connectivity index (χ1n) is 9.48. The van der Waals surface area contributed by atoms with Crippen molar-refractivity contribution in [1.29, 1.82) is 0 Å². The molecule has 1 aliphatic rings. The Morgan fingerprint density at radius 1 is 1.24 bits per heavy atom. The van der Waals surface area contributed by atoms with Gasteiger partial charge in [0.2, 0.25) is 0 Å². The molecule has 0 bridgehead atoms. The predicted octanol–water partition coefficient (Wildman–Crippen LogP) is 2.67. The second-order valence-electron chi connectivity index (χ2n) is 7.85. The number of aromatic amines is 1. The highest BCUT2D eigenvalue weighted by Crippen LogP contribution is 2.41. The van der Waals surface area contributed by atoms with Crippen LogP contribution in [0.4, 0.5) is 0 Å². The van der Waals surface area contributed by atoms with Crippen LogP contribution in [0.1, 0.15) is 25.2 Å². The minimum Gasteiger partial charge on any atom is -0.483 e. The molecule has 1 amide bonds. The molecule has 29 heavy (non-hydrogen) atoms. The highest BCUT2D eigenvalue weighted by atomic mass is 16.5. The predicted molar refractivity (Wildman–Crippen MR) is 109 cm³/mol. The first-order chi connectivity index (χ1) is 13.8. The molecule has 4 rings (SSSR count). The Hall–Kier alpha value is -3.35. The fourth-order valence-electron chi connectivity index (χ4n) is 3.47. The van der Waals surface area contributed by atoms with Crippen LogP contribution in [-0.4, -0.2) is 40.0 Å². The molecule has 1 aromatic heterocycles. The molecule has 2 heterocycles. The molecule has 0 spiro atoms. The molecule has 3 aromatic rings. The molecule has 0 saturated heterocycles. The Balaban J connectivity index is 1.43. The van der Waals surface area contributed by atoms with Crippen LogP contribution in [0, 0.1) is 0 Å². The van der Waals surface area contributed by atoms with E-state index in [0.29, 0.717) is 28.2 Å². The number of aromatic nitrogens is 2. The lowest BCUT2D eigenvalue weighted by molar-refractivity contribution is -0.132. The van der Waals surface area contributed by atoms with Crippen molar-refractivity contribution in [3.05, 3.63) is 64.2 Å². The van der Waals surface area contributed by atoms with Gasteiger partial charge in [0, 0.05) is 19.0 Å². The zero-order valence-corrected chi connectivity index (χ0v) is 16.7. The number of hydrogen-bond donors (Lipinski definition) is 1. The van der Waals surface area contributed by atoms with Crippen molar-refractivity contribution in [3.8, 4) is 11.5 Å². The Kier molecular flexibility index (Phi) is 4.74. The average Bonchev–Trinajstić information content (AvgIpc) is 3.00. The maximum absolute atomic E-state index is 12.5. The molecule has 0 atom stereocenters. The maximum atomic E-state index is 12.5. The van der Waals surface area contributed by atoms with E-state index in [9.17, 15) is 9.59 Å². The third-order valence-electron chi connectivity index (χ3n) is 4.88. The van der Waals surface area contributed by atoms with E-state index in [-0.39, 0.29) is 30.2 Å². The molecule has 1 N–H and O–H groups in total. The standard InChI is InChI=1S/C22H23N3O4/c1-22(2)11-14-7-6-10-17(20(14)29-22)28-13-19(26)25(3)12-18-23-16-9-5-4-8-15(16)21(27)24-18/h4-10H,11-13H2,1-3H3,(H,23,24,27). The number of amides is 1. The van der Waals surface area contributed by atoms with Crippen LogP contribution in [0.25, 0.3) is 10.9 Å². The molecule has 0 radical (unpaired) electrons. The van der Waals surface area contributed by atoms with Gasteiger partial charge in [-0.1, -0.05) is 24.3 Å². The van der Waals surface area contributed by atoms with Gasteiger partial charge in [-0.05, 0) is 32.0 Å². The summed E-state index contributed by atoms with van der Waals surface area (Å²) >= 11 is 0. The van der Waals surface area contributed by atoms with Crippen LogP contribution in [0.3, 0.4) is 0 Å². The number of carbonyl (C=O) groups is 1. The zero-order chi connectivity index (χ0) is 20.6. The van der Waals surface area contributed by atoms with E-state index in [4.69, 9.17) is 9.47 Å². The van der Waals surface area contributed by atoms with Crippen molar-refractivity contribution >= 4 is 16.8 Å². The van der Waals surface area contributed by atoms with Gasteiger partial charge in [-0.25, -0.2) is 4.98 Å². The quantitative estimate of drug-likeness (QED) is 0.720. The summed E-state index contributed by atoms with van der Waals surface area (Å²) in [5.41, 5.74) is 1.17. The Morgan fingerprint density at radius 2 is 2.03 bits per heavy atom. The topological polar surface area (TPSA) is 84.5 Å². The molecule has 7 nitrogen and oxygen atoms in total. The van der Waals surface area contributed by atoms with Gasteiger partial charge in [-0.2, -0.15) is 0 Å². The molecule has 2 aromatic carbocycles. The van der Waals surface area contributed by atoms with E-state index < -0.39 is 0 Å². The van der Waals surface area contributed by atoms with Crippen LogP contribution in [0.5, 0.6) is 11.5 Å². The molecule has 0 unspecified atom stereocenters. The number of nitrogens with zero attached hydrogens (tertiary/aromatic N) is 2. The van der Waals surface area contributed by atoms with Crippen LogP contribution in [-0.2, 0) is 17.8 Å². The van der Waals surface area contributed by atoms with E-state index in [1.807, 2.05) is 32.0 Å². The van der Waals surface area contributed by atoms with Gasteiger partial charge in [0.25, 0.3) is 11.5 Å². The number of fused-ring (bicyclic) bond motifs is 2. The van der Waals surface area contributed by atoms with Crippen LogP contribution < -0.4 is 15.0 Å². The molecule has 0 saturated carbocycles. The summed E-state index contributed by atoms with van der Waals surface area (Å²) in [4.78, 5) is 33.4. The molecule has 1 aliphatic heterocycles. The summed E-state index contributed by atoms with van der Waals surface area (Å²) in [7, 11) is 1.65. The first kappa shape index (κ1) is 19.0. The monoisotopic (exact) mass is 393 g/mol. The van der Waals surface area contributed by atoms with Crippen molar-refractivity contribution in [2.75, 3.05) is 13.7 Å². The van der Waals surface area contributed by atoms with E-state index >= 15 is 0 Å². The summed E-state index contributed by atoms with van der Waals surface area (Å²) in [6.07, 6.45) is 0.800. The lowest BCUT2D eigenvalue weighted by Crippen LogP contribution is -2.32. The third kappa shape index (κ3) is 3.94. The number of rotatable bonds is 5. The fraction of sp³-hybridized carbons (Fsp3) is 0.318. The molecule has 0 aliphatic carbocycles. The molecule has 150 valence electrons. The SMILES string of the molecule is CN(Cc1nc2ccccc2c(=O)[nH]1)C(=O)COc1cccc2c1OC(C)(C)C2. The zero-order valence-electron chi connectivity index (χ0n) is 16.7. The van der Waals surface area contributed by atoms with E-state index in [2.05, 4.69) is 9.97 Å². The summed E-state index contributed by atoms with van der Waals surface area (Å²) in [6.45, 7) is 4.09. The van der Waals surface area contributed by atoms with Gasteiger partial charge in [0.05, 0.1) is 17.4 Å². The molecular weight excluding hydrogens is 370 g/mol. The van der Waals surface area contributed by atoms with Crippen molar-refractivity contribution in [2.24, 2.45) is 0 Å². The lowest BCUT2D eigenvalue weighted by Gasteiger charge is -2.19. The van der Waals surface area contributed by atoms with Crippen molar-refractivity contribution in [3.63, 3.8) is 0 Å². The Morgan fingerprint density at radius 3 is 2.86 bits per heavy atom. The molecule has 0 fully saturated rings. The third-order valence-corrected chi connectivity index (χ3v) is 4.88. The van der Waals surface area contributed by atoms with Gasteiger partial charge in [0.1, 0.15) is 11.4 Å². The van der Waals surface area contributed by atoms with Crippen molar-refractivity contribution < 1.29 is 14.3 Å². The minimum absolute atomic E-state index is 0.130. The van der Waals surface area contributed by atoms with E-state index in [0.717, 1.165) is 12.0 Å². The number of likely N-dealkylation sites (N-methyl/N-ethyl adjacent to an activating group) is 1. The summed E-state index contributed by atoms with van der Waals surface area (Å²) in [5.74, 6) is 1.46. The largest absolute Gasteiger partial charge is 0.483 e. The highest BCUT2D eigenvalue weighted by Gasteiger charge is 2.32. The number of nitrogens with one attached hydrogen (secondary N) is 1. The number of carbonyl (C=O) groups excluding carboxylic acids is 1. The van der Waals surface area contributed by atoms with Crippen LogP contribution >= 0.6 is 0 Å². The number of H-pyrrole nitrogens is 1. The van der Waals surface area contributed by atoms with Crippen molar-refractivity contribution in [1.82, 2.24) is 14.9 Å². The molecular formula is C22H23N3O4. The summed E-state index contributed by atoms with van der Waals surface area (Å²) < 4.78 is 11.7. The van der Waals surface area contributed by atoms with Gasteiger partial charge >= 0.3 is 0 Å². The number of benzene rings is 2. The van der Waals surface area contributed by atoms with Gasteiger partial charge in [0.15, 0.2) is 18.1 Å². The highest BCUT2D eigenvalue weighted by molar-refractivity contribution is 5.78. The second kappa shape index (κ2) is 7.24. The number of hydrogen-bond acceptors (Lipinski definition) is 5. The number of ether oxygens (including phenoxy) is 2. The van der Waals surface area contributed by atoms with Crippen LogP contribution in [0.15, 0.2) is 47.3 Å². The summed E-state index contributed by atoms with van der Waals surface area (Å²) in [5, 5.41) is 0.523. The minimum atomic E-state index is -0.282. The fourth-order valence-corrected chi connectivity index (χ4v) is 3.47. The lowest BCUT2D eigenvalue weighted by atomic mass is 10.0. The smallest absolute Gasteiger partial charge is 0.260 e. The van der Waals surface area contributed by atoms with Gasteiger partial charge < -0.3 is 19.4 Å². The van der Waals surface area contributed by atoms with Gasteiger partial charge in [-0.3, -0.25) is 9.59 Å². The maximum Gasteiger partial charge on any atom is 0.260 e.